The summed E-state index contributed by atoms with van der Waals surface area (Å²) in [6, 6.07) is 14.1. The summed E-state index contributed by atoms with van der Waals surface area (Å²) in [5.74, 6) is -0.342. The first kappa shape index (κ1) is 18.5. The molecule has 0 atom stereocenters. The molecule has 1 amide bonds. The number of non-ortho nitro benzene ring substituents is 1. The van der Waals surface area contributed by atoms with E-state index in [0.29, 0.717) is 10.7 Å². The fourth-order valence-corrected chi connectivity index (χ4v) is 3.33. The maximum Gasteiger partial charge on any atom is 0.270 e. The number of nitro benzene ring substituents is 1. The minimum Gasteiger partial charge on any atom is -0.298 e. The molecule has 7 heteroatoms. The summed E-state index contributed by atoms with van der Waals surface area (Å²) in [4.78, 5) is 28.0. The van der Waals surface area contributed by atoms with E-state index in [9.17, 15) is 14.9 Å². The number of anilines is 1. The predicted octanol–water partition coefficient (Wildman–Crippen LogP) is 4.99. The predicted molar refractivity (Wildman–Crippen MR) is 108 cm³/mol. The van der Waals surface area contributed by atoms with Crippen molar-refractivity contribution in [3.63, 3.8) is 0 Å². The van der Waals surface area contributed by atoms with E-state index in [-0.39, 0.29) is 11.6 Å². The average Bonchev–Trinajstić information content (AvgIpc) is 3.01. The number of aromatic nitrogens is 1. The highest BCUT2D eigenvalue weighted by molar-refractivity contribution is 7.16. The summed E-state index contributed by atoms with van der Waals surface area (Å²) < 4.78 is 0. The Morgan fingerprint density at radius 1 is 1.19 bits per heavy atom. The van der Waals surface area contributed by atoms with E-state index in [4.69, 9.17) is 0 Å². The van der Waals surface area contributed by atoms with Crippen LogP contribution in [-0.4, -0.2) is 15.8 Å². The summed E-state index contributed by atoms with van der Waals surface area (Å²) in [5, 5.41) is 14.0. The van der Waals surface area contributed by atoms with Crippen molar-refractivity contribution in [3.05, 3.63) is 80.7 Å². The molecule has 0 aliphatic carbocycles. The van der Waals surface area contributed by atoms with Gasteiger partial charge in [-0.2, -0.15) is 0 Å². The molecule has 0 bridgehead atoms. The summed E-state index contributed by atoms with van der Waals surface area (Å²) in [6.45, 7) is 3.98. The lowest BCUT2D eigenvalue weighted by molar-refractivity contribution is -0.384. The monoisotopic (exact) mass is 379 g/mol. The molecule has 0 saturated carbocycles. The molecule has 3 aromatic rings. The second-order valence-corrected chi connectivity index (χ2v) is 7.17. The number of hydrogen-bond acceptors (Lipinski definition) is 5. The third-order valence-corrected chi connectivity index (χ3v) is 4.75. The molecular weight excluding hydrogens is 362 g/mol. The summed E-state index contributed by atoms with van der Waals surface area (Å²) in [6.07, 6.45) is 2.87. The smallest absolute Gasteiger partial charge is 0.270 e. The van der Waals surface area contributed by atoms with E-state index >= 15 is 0 Å². The molecule has 1 aromatic heterocycles. The number of nitro groups is 1. The Balaban J connectivity index is 1.71. The van der Waals surface area contributed by atoms with E-state index in [1.165, 1.54) is 41.2 Å². The fourth-order valence-electron chi connectivity index (χ4n) is 2.49. The highest BCUT2D eigenvalue weighted by atomic mass is 32.1. The second-order valence-electron chi connectivity index (χ2n) is 5.96. The molecule has 0 fully saturated rings. The first-order chi connectivity index (χ1) is 12.9. The van der Waals surface area contributed by atoms with E-state index in [1.54, 1.807) is 12.1 Å². The quantitative estimate of drug-likeness (QED) is 0.384. The SMILES string of the molecule is Cc1ccc(-c2nc(NC(=O)/C=C/c3cccc([N+](=O)[O-])c3)sc2C)cc1. The number of nitrogens with zero attached hydrogens (tertiary/aromatic N) is 2. The van der Waals surface area contributed by atoms with Crippen LogP contribution in [0.5, 0.6) is 0 Å². The molecule has 1 N–H and O–H groups in total. The van der Waals surface area contributed by atoms with Crippen LogP contribution in [0.4, 0.5) is 10.8 Å². The molecule has 1 heterocycles. The molecule has 0 aliphatic heterocycles. The largest absolute Gasteiger partial charge is 0.298 e. The van der Waals surface area contributed by atoms with Crippen molar-refractivity contribution in [1.82, 2.24) is 4.98 Å². The van der Waals surface area contributed by atoms with Crippen LogP contribution in [-0.2, 0) is 4.79 Å². The standard InChI is InChI=1S/C20H17N3O3S/c1-13-6-9-16(10-7-13)19-14(2)27-20(22-19)21-18(24)11-8-15-4-3-5-17(12-15)23(25)26/h3-12H,1-2H3,(H,21,22,24)/b11-8+. The van der Waals surface area contributed by atoms with Crippen LogP contribution in [0.2, 0.25) is 0 Å². The Labute approximate surface area is 160 Å². The Morgan fingerprint density at radius 2 is 1.93 bits per heavy atom. The number of hydrogen-bond donors (Lipinski definition) is 1. The van der Waals surface area contributed by atoms with E-state index in [2.05, 4.69) is 10.3 Å². The van der Waals surface area contributed by atoms with Crippen molar-refractivity contribution in [2.24, 2.45) is 0 Å². The van der Waals surface area contributed by atoms with Gasteiger partial charge in [-0.05, 0) is 25.5 Å². The third-order valence-electron chi connectivity index (χ3n) is 3.86. The second kappa shape index (κ2) is 7.92. The number of rotatable bonds is 5. The van der Waals surface area contributed by atoms with Crippen LogP contribution in [0.25, 0.3) is 17.3 Å². The lowest BCUT2D eigenvalue weighted by Crippen LogP contribution is -2.07. The normalized spacial score (nSPS) is 10.9. The lowest BCUT2D eigenvalue weighted by Gasteiger charge is -1.99. The van der Waals surface area contributed by atoms with E-state index < -0.39 is 4.92 Å². The highest BCUT2D eigenvalue weighted by Gasteiger charge is 2.11. The molecule has 0 unspecified atom stereocenters. The van der Waals surface area contributed by atoms with Gasteiger partial charge in [0.05, 0.1) is 10.6 Å². The number of amides is 1. The van der Waals surface area contributed by atoms with Crippen LogP contribution in [0, 0.1) is 24.0 Å². The zero-order chi connectivity index (χ0) is 19.4. The molecule has 0 saturated heterocycles. The molecule has 136 valence electrons. The van der Waals surface area contributed by atoms with Gasteiger partial charge in [0.1, 0.15) is 0 Å². The maximum absolute atomic E-state index is 12.1. The van der Waals surface area contributed by atoms with Crippen molar-refractivity contribution in [1.29, 1.82) is 0 Å². The number of carbonyl (C=O) groups excluding carboxylic acids is 1. The van der Waals surface area contributed by atoms with Crippen molar-refractivity contribution < 1.29 is 9.72 Å². The molecule has 3 rings (SSSR count). The number of thiazole rings is 1. The molecule has 0 aliphatic rings. The van der Waals surface area contributed by atoms with Gasteiger partial charge in [-0.15, -0.1) is 11.3 Å². The van der Waals surface area contributed by atoms with Gasteiger partial charge in [0.2, 0.25) is 5.91 Å². The number of benzene rings is 2. The minimum atomic E-state index is -0.470. The minimum absolute atomic E-state index is 0.0177. The number of nitrogens with one attached hydrogen (secondary N) is 1. The zero-order valence-electron chi connectivity index (χ0n) is 14.8. The molecule has 6 nitrogen and oxygen atoms in total. The van der Waals surface area contributed by atoms with Gasteiger partial charge in [-0.1, -0.05) is 42.0 Å². The topological polar surface area (TPSA) is 85.1 Å². The highest BCUT2D eigenvalue weighted by Crippen LogP contribution is 2.30. The van der Waals surface area contributed by atoms with E-state index in [0.717, 1.165) is 16.1 Å². The molecule has 0 radical (unpaired) electrons. The van der Waals surface area contributed by atoms with E-state index in [1.807, 2.05) is 38.1 Å². The van der Waals surface area contributed by atoms with Crippen molar-refractivity contribution in [2.45, 2.75) is 13.8 Å². The number of carbonyl (C=O) groups is 1. The summed E-state index contributed by atoms with van der Waals surface area (Å²) in [5.41, 5.74) is 3.58. The lowest BCUT2D eigenvalue weighted by atomic mass is 10.1. The average molecular weight is 379 g/mol. The summed E-state index contributed by atoms with van der Waals surface area (Å²) >= 11 is 1.40. The van der Waals surface area contributed by atoms with Gasteiger partial charge in [-0.25, -0.2) is 4.98 Å². The van der Waals surface area contributed by atoms with Crippen LogP contribution in [0.15, 0.2) is 54.6 Å². The number of aryl methyl sites for hydroxylation is 2. The van der Waals surface area contributed by atoms with Gasteiger partial charge < -0.3 is 0 Å². The summed E-state index contributed by atoms with van der Waals surface area (Å²) in [7, 11) is 0. The van der Waals surface area contributed by atoms with Gasteiger partial charge >= 0.3 is 0 Å². The molecular formula is C20H17N3O3S. The first-order valence-corrected chi connectivity index (χ1v) is 9.02. The van der Waals surface area contributed by atoms with Crippen molar-refractivity contribution in [3.8, 4) is 11.3 Å². The Morgan fingerprint density at radius 3 is 2.63 bits per heavy atom. The Bertz CT molecular complexity index is 1020. The van der Waals surface area contributed by atoms with Gasteiger partial charge in [0.15, 0.2) is 5.13 Å². The van der Waals surface area contributed by atoms with Crippen LogP contribution in [0.3, 0.4) is 0 Å². The molecule has 2 aromatic carbocycles. The van der Waals surface area contributed by atoms with Crippen molar-refractivity contribution >= 4 is 34.1 Å². The van der Waals surface area contributed by atoms with Crippen LogP contribution < -0.4 is 5.32 Å². The van der Waals surface area contributed by atoms with Crippen molar-refractivity contribution in [2.75, 3.05) is 5.32 Å². The van der Waals surface area contributed by atoms with Crippen LogP contribution >= 0.6 is 11.3 Å². The fraction of sp³-hybridized carbons (Fsp3) is 0.100. The van der Waals surface area contributed by atoms with Gasteiger partial charge in [0, 0.05) is 28.6 Å². The Hall–Kier alpha value is -3.32. The third kappa shape index (κ3) is 4.65. The molecule has 27 heavy (non-hydrogen) atoms. The Kier molecular flexibility index (Phi) is 5.42. The van der Waals surface area contributed by atoms with Crippen LogP contribution in [0.1, 0.15) is 16.0 Å². The van der Waals surface area contributed by atoms with Gasteiger partial charge in [-0.3, -0.25) is 20.2 Å². The first-order valence-electron chi connectivity index (χ1n) is 8.20. The van der Waals surface area contributed by atoms with Gasteiger partial charge in [0.25, 0.3) is 5.69 Å². The maximum atomic E-state index is 12.1. The zero-order valence-corrected chi connectivity index (χ0v) is 15.6. The molecule has 0 spiro atoms.